The summed E-state index contributed by atoms with van der Waals surface area (Å²) in [5.41, 5.74) is 1.38. The van der Waals surface area contributed by atoms with E-state index in [1.54, 1.807) is 31.1 Å². The number of anilines is 1. The van der Waals surface area contributed by atoms with Gasteiger partial charge in [-0.15, -0.1) is 10.2 Å². The van der Waals surface area contributed by atoms with E-state index in [4.69, 9.17) is 0 Å². The fraction of sp³-hybridized carbons (Fsp3) is 0.214. The normalized spacial score (nSPS) is 10.2. The molecule has 2 rings (SSSR count). The van der Waals surface area contributed by atoms with Crippen molar-refractivity contribution in [2.24, 2.45) is 0 Å². The summed E-state index contributed by atoms with van der Waals surface area (Å²) in [5.74, 6) is 0.478. The first-order chi connectivity index (χ1) is 9.61. The fourth-order valence-electron chi connectivity index (χ4n) is 1.73. The van der Waals surface area contributed by atoms with Crippen molar-refractivity contribution in [1.29, 1.82) is 0 Å². The largest absolute Gasteiger partial charge is 0.372 e. The van der Waals surface area contributed by atoms with Crippen LogP contribution in [0.3, 0.4) is 0 Å². The molecule has 0 unspecified atom stereocenters. The summed E-state index contributed by atoms with van der Waals surface area (Å²) in [6, 6.07) is 11.2. The van der Waals surface area contributed by atoms with Crippen molar-refractivity contribution in [2.45, 2.75) is 6.54 Å². The quantitative estimate of drug-likeness (QED) is 0.933. The van der Waals surface area contributed by atoms with Gasteiger partial charge in [-0.25, -0.2) is 0 Å². The van der Waals surface area contributed by atoms with Crippen LogP contribution in [-0.2, 0) is 6.54 Å². The number of carbonyl (C=O) groups is 1. The maximum Gasteiger partial charge on any atom is 0.274 e. The van der Waals surface area contributed by atoms with Gasteiger partial charge in [0, 0.05) is 25.1 Å². The standard InChI is InChI=1S/C14H15BrN4O/c1-16-13-8-7-12(17-18-13)14(20)19(2)9-10-5-3-4-6-11(10)15/h3-8H,9H2,1-2H3,(H,16,18). The summed E-state index contributed by atoms with van der Waals surface area (Å²) < 4.78 is 0.983. The van der Waals surface area contributed by atoms with Crippen molar-refractivity contribution < 1.29 is 4.79 Å². The summed E-state index contributed by atoms with van der Waals surface area (Å²) in [6.45, 7) is 0.510. The molecule has 1 N–H and O–H groups in total. The molecule has 0 atom stereocenters. The lowest BCUT2D eigenvalue weighted by Gasteiger charge is -2.17. The van der Waals surface area contributed by atoms with Gasteiger partial charge in [-0.2, -0.15) is 0 Å². The van der Waals surface area contributed by atoms with Crippen molar-refractivity contribution in [3.8, 4) is 0 Å². The first-order valence-electron chi connectivity index (χ1n) is 6.12. The molecule has 0 aliphatic heterocycles. The summed E-state index contributed by atoms with van der Waals surface area (Å²) in [7, 11) is 3.50. The smallest absolute Gasteiger partial charge is 0.274 e. The molecule has 5 nitrogen and oxygen atoms in total. The van der Waals surface area contributed by atoms with Crippen LogP contribution >= 0.6 is 15.9 Å². The molecule has 2 aromatic rings. The van der Waals surface area contributed by atoms with E-state index in [2.05, 4.69) is 31.4 Å². The van der Waals surface area contributed by atoms with Crippen LogP contribution in [0, 0.1) is 0 Å². The third-order valence-electron chi connectivity index (χ3n) is 2.85. The van der Waals surface area contributed by atoms with Gasteiger partial charge in [-0.1, -0.05) is 34.1 Å². The van der Waals surface area contributed by atoms with Gasteiger partial charge in [0.15, 0.2) is 5.69 Å². The first kappa shape index (κ1) is 14.5. The maximum absolute atomic E-state index is 12.2. The number of rotatable bonds is 4. The number of nitrogens with zero attached hydrogens (tertiary/aromatic N) is 3. The van der Waals surface area contributed by atoms with Gasteiger partial charge in [-0.05, 0) is 23.8 Å². The molecule has 0 radical (unpaired) electrons. The minimum absolute atomic E-state index is 0.157. The SMILES string of the molecule is CNc1ccc(C(=O)N(C)Cc2ccccc2Br)nn1. The van der Waals surface area contributed by atoms with Gasteiger partial charge in [0.1, 0.15) is 5.82 Å². The Morgan fingerprint density at radius 1 is 1.25 bits per heavy atom. The second-order valence-electron chi connectivity index (χ2n) is 4.31. The average Bonchev–Trinajstić information content (AvgIpc) is 2.49. The maximum atomic E-state index is 12.2. The van der Waals surface area contributed by atoms with Crippen LogP contribution in [0.5, 0.6) is 0 Å². The Hall–Kier alpha value is -1.95. The predicted octanol–water partition coefficient (Wildman–Crippen LogP) is 2.55. The van der Waals surface area contributed by atoms with Crippen molar-refractivity contribution in [1.82, 2.24) is 15.1 Å². The average molecular weight is 335 g/mol. The number of aromatic nitrogens is 2. The Morgan fingerprint density at radius 3 is 2.60 bits per heavy atom. The Kier molecular flexibility index (Phi) is 4.68. The molecule has 1 aromatic carbocycles. The summed E-state index contributed by atoms with van der Waals surface area (Å²) in [6.07, 6.45) is 0. The zero-order valence-corrected chi connectivity index (χ0v) is 12.9. The van der Waals surface area contributed by atoms with Crippen molar-refractivity contribution >= 4 is 27.7 Å². The summed E-state index contributed by atoms with van der Waals surface area (Å²) in [5, 5.41) is 10.7. The number of hydrogen-bond donors (Lipinski definition) is 1. The molecule has 104 valence electrons. The molecule has 6 heteroatoms. The van der Waals surface area contributed by atoms with E-state index in [1.807, 2.05) is 24.3 Å². The molecule has 1 amide bonds. The molecule has 0 saturated carbocycles. The third-order valence-corrected chi connectivity index (χ3v) is 3.63. The van der Waals surface area contributed by atoms with Gasteiger partial charge < -0.3 is 10.2 Å². The lowest BCUT2D eigenvalue weighted by Crippen LogP contribution is -2.27. The highest BCUT2D eigenvalue weighted by molar-refractivity contribution is 9.10. The van der Waals surface area contributed by atoms with Gasteiger partial charge >= 0.3 is 0 Å². The fourth-order valence-corrected chi connectivity index (χ4v) is 2.14. The van der Waals surface area contributed by atoms with E-state index in [0.717, 1.165) is 10.0 Å². The number of halogens is 1. The molecule has 0 saturated heterocycles. The van der Waals surface area contributed by atoms with Crippen molar-refractivity contribution in [3.05, 3.63) is 52.1 Å². The molecule has 0 aliphatic carbocycles. The van der Waals surface area contributed by atoms with Crippen LogP contribution < -0.4 is 5.32 Å². The zero-order valence-electron chi connectivity index (χ0n) is 11.3. The van der Waals surface area contributed by atoms with Crippen LogP contribution in [0.15, 0.2) is 40.9 Å². The van der Waals surface area contributed by atoms with E-state index < -0.39 is 0 Å². The zero-order chi connectivity index (χ0) is 14.5. The van der Waals surface area contributed by atoms with Crippen LogP contribution in [0.25, 0.3) is 0 Å². The molecule has 20 heavy (non-hydrogen) atoms. The number of hydrogen-bond acceptors (Lipinski definition) is 4. The number of amides is 1. The van der Waals surface area contributed by atoms with Gasteiger partial charge in [-0.3, -0.25) is 4.79 Å². The van der Waals surface area contributed by atoms with E-state index in [-0.39, 0.29) is 5.91 Å². The molecule has 0 bridgehead atoms. The van der Waals surface area contributed by atoms with Gasteiger partial charge in [0.05, 0.1) is 0 Å². The van der Waals surface area contributed by atoms with Crippen LogP contribution in [0.2, 0.25) is 0 Å². The third kappa shape index (κ3) is 3.33. The van der Waals surface area contributed by atoms with E-state index in [0.29, 0.717) is 18.1 Å². The summed E-state index contributed by atoms with van der Waals surface area (Å²) in [4.78, 5) is 13.9. The number of nitrogens with one attached hydrogen (secondary N) is 1. The van der Waals surface area contributed by atoms with Crippen molar-refractivity contribution in [3.63, 3.8) is 0 Å². The van der Waals surface area contributed by atoms with E-state index in [9.17, 15) is 4.79 Å². The monoisotopic (exact) mass is 334 g/mol. The lowest BCUT2D eigenvalue weighted by molar-refractivity contribution is 0.0778. The lowest BCUT2D eigenvalue weighted by atomic mass is 10.2. The van der Waals surface area contributed by atoms with Gasteiger partial charge in [0.25, 0.3) is 5.91 Å². The molecule has 1 heterocycles. The molecular formula is C14H15BrN4O. The highest BCUT2D eigenvalue weighted by Crippen LogP contribution is 2.18. The summed E-state index contributed by atoms with van der Waals surface area (Å²) >= 11 is 3.47. The minimum Gasteiger partial charge on any atom is -0.372 e. The van der Waals surface area contributed by atoms with E-state index in [1.165, 1.54) is 0 Å². The Balaban J connectivity index is 2.10. The molecule has 1 aromatic heterocycles. The Labute approximate surface area is 126 Å². The van der Waals surface area contributed by atoms with Crippen LogP contribution in [0.1, 0.15) is 16.1 Å². The molecule has 0 fully saturated rings. The first-order valence-corrected chi connectivity index (χ1v) is 6.91. The highest BCUT2D eigenvalue weighted by atomic mass is 79.9. The second kappa shape index (κ2) is 6.47. The molecule has 0 aliphatic rings. The van der Waals surface area contributed by atoms with Gasteiger partial charge in [0.2, 0.25) is 0 Å². The second-order valence-corrected chi connectivity index (χ2v) is 5.16. The van der Waals surface area contributed by atoms with Crippen LogP contribution in [-0.4, -0.2) is 35.1 Å². The topological polar surface area (TPSA) is 58.1 Å². The Bertz CT molecular complexity index is 600. The van der Waals surface area contributed by atoms with Crippen molar-refractivity contribution in [2.75, 3.05) is 19.4 Å². The minimum atomic E-state index is -0.157. The number of carbonyl (C=O) groups excluding carboxylic acids is 1. The molecular weight excluding hydrogens is 320 g/mol. The van der Waals surface area contributed by atoms with Crippen LogP contribution in [0.4, 0.5) is 5.82 Å². The highest BCUT2D eigenvalue weighted by Gasteiger charge is 2.14. The molecule has 0 spiro atoms. The Morgan fingerprint density at radius 2 is 2.00 bits per heavy atom. The number of benzene rings is 1. The predicted molar refractivity (Wildman–Crippen MR) is 81.5 cm³/mol. The van der Waals surface area contributed by atoms with E-state index >= 15 is 0 Å².